The third-order valence-electron chi connectivity index (χ3n) is 2.26. The molecule has 2 aromatic rings. The highest BCUT2D eigenvalue weighted by atomic mass is 32.1. The molecule has 0 saturated carbocycles. The standard InChI is InChI=1S/C11H12N2O2S/c1-13-6-9(5-10(14)15-2)11(12-13)8-3-4-16-7-8/h3-4,6-7H,5H2,1-2H3. The number of hydrogen-bond donors (Lipinski definition) is 0. The van der Waals surface area contributed by atoms with E-state index in [1.807, 2.05) is 30.1 Å². The van der Waals surface area contributed by atoms with Crippen LogP contribution in [0, 0.1) is 0 Å². The van der Waals surface area contributed by atoms with Crippen LogP contribution in [0.2, 0.25) is 0 Å². The number of rotatable bonds is 3. The Kier molecular flexibility index (Phi) is 3.05. The van der Waals surface area contributed by atoms with E-state index in [4.69, 9.17) is 0 Å². The largest absolute Gasteiger partial charge is 0.469 e. The molecule has 2 rings (SSSR count). The quantitative estimate of drug-likeness (QED) is 0.764. The van der Waals surface area contributed by atoms with Crippen LogP contribution in [-0.2, 0) is 23.0 Å². The highest BCUT2D eigenvalue weighted by Gasteiger charge is 2.13. The number of nitrogens with zero attached hydrogens (tertiary/aromatic N) is 2. The van der Waals surface area contributed by atoms with Gasteiger partial charge in [-0.2, -0.15) is 16.4 Å². The van der Waals surface area contributed by atoms with Crippen LogP contribution >= 0.6 is 11.3 Å². The number of aromatic nitrogens is 2. The van der Waals surface area contributed by atoms with E-state index in [1.54, 1.807) is 16.0 Å². The molecule has 0 aromatic carbocycles. The molecule has 16 heavy (non-hydrogen) atoms. The van der Waals surface area contributed by atoms with Gasteiger partial charge in [0.15, 0.2) is 0 Å². The number of ether oxygens (including phenoxy) is 1. The Hall–Kier alpha value is -1.62. The van der Waals surface area contributed by atoms with Crippen molar-refractivity contribution in [3.8, 4) is 11.3 Å². The SMILES string of the molecule is COC(=O)Cc1cn(C)nc1-c1ccsc1. The van der Waals surface area contributed by atoms with E-state index in [9.17, 15) is 4.79 Å². The molecule has 0 radical (unpaired) electrons. The summed E-state index contributed by atoms with van der Waals surface area (Å²) in [5.74, 6) is -0.246. The van der Waals surface area contributed by atoms with Crippen molar-refractivity contribution in [1.29, 1.82) is 0 Å². The lowest BCUT2D eigenvalue weighted by Gasteiger charge is -1.98. The van der Waals surface area contributed by atoms with E-state index in [-0.39, 0.29) is 12.4 Å². The number of aryl methyl sites for hydroxylation is 1. The van der Waals surface area contributed by atoms with Gasteiger partial charge in [0.1, 0.15) is 0 Å². The molecule has 0 aliphatic heterocycles. The number of carbonyl (C=O) groups excluding carboxylic acids is 1. The maximum Gasteiger partial charge on any atom is 0.310 e. The van der Waals surface area contributed by atoms with Gasteiger partial charge < -0.3 is 4.74 Å². The van der Waals surface area contributed by atoms with Gasteiger partial charge in [-0.15, -0.1) is 0 Å². The van der Waals surface area contributed by atoms with Crippen molar-refractivity contribution in [3.63, 3.8) is 0 Å². The second-order valence-corrected chi connectivity index (χ2v) is 4.22. The number of methoxy groups -OCH3 is 1. The maximum atomic E-state index is 11.3. The van der Waals surface area contributed by atoms with E-state index in [0.29, 0.717) is 0 Å². The van der Waals surface area contributed by atoms with Crippen molar-refractivity contribution in [1.82, 2.24) is 9.78 Å². The van der Waals surface area contributed by atoms with Crippen LogP contribution < -0.4 is 0 Å². The Balaban J connectivity index is 2.34. The average Bonchev–Trinajstić information content (AvgIpc) is 2.87. The smallest absolute Gasteiger partial charge is 0.310 e. The Morgan fingerprint density at radius 3 is 3.06 bits per heavy atom. The number of esters is 1. The molecule has 0 fully saturated rings. The fourth-order valence-corrected chi connectivity index (χ4v) is 2.18. The summed E-state index contributed by atoms with van der Waals surface area (Å²) in [7, 11) is 3.24. The van der Waals surface area contributed by atoms with Crippen molar-refractivity contribution in [2.75, 3.05) is 7.11 Å². The minimum atomic E-state index is -0.246. The van der Waals surface area contributed by atoms with Crippen LogP contribution in [0.4, 0.5) is 0 Å². The minimum absolute atomic E-state index is 0.246. The molecule has 0 saturated heterocycles. The second-order valence-electron chi connectivity index (χ2n) is 3.44. The normalized spacial score (nSPS) is 10.4. The lowest BCUT2D eigenvalue weighted by Crippen LogP contribution is -2.04. The van der Waals surface area contributed by atoms with Gasteiger partial charge in [0.25, 0.3) is 0 Å². The van der Waals surface area contributed by atoms with Crippen molar-refractivity contribution in [2.45, 2.75) is 6.42 Å². The molecule has 0 aliphatic rings. The van der Waals surface area contributed by atoms with Crippen LogP contribution in [-0.4, -0.2) is 22.9 Å². The Morgan fingerprint density at radius 1 is 1.62 bits per heavy atom. The molecular formula is C11H12N2O2S. The second kappa shape index (κ2) is 4.49. The Morgan fingerprint density at radius 2 is 2.44 bits per heavy atom. The molecule has 5 heteroatoms. The fraction of sp³-hybridized carbons (Fsp3) is 0.273. The Bertz CT molecular complexity index is 488. The fourth-order valence-electron chi connectivity index (χ4n) is 1.54. The van der Waals surface area contributed by atoms with Crippen LogP contribution in [0.5, 0.6) is 0 Å². The molecule has 0 spiro atoms. The molecule has 0 N–H and O–H groups in total. The highest BCUT2D eigenvalue weighted by molar-refractivity contribution is 7.08. The first kappa shape index (κ1) is 10.9. The molecule has 0 unspecified atom stereocenters. The number of thiophene rings is 1. The van der Waals surface area contributed by atoms with Crippen LogP contribution in [0.1, 0.15) is 5.56 Å². The highest BCUT2D eigenvalue weighted by Crippen LogP contribution is 2.24. The van der Waals surface area contributed by atoms with Crippen molar-refractivity contribution < 1.29 is 9.53 Å². The molecule has 0 amide bonds. The van der Waals surface area contributed by atoms with E-state index in [2.05, 4.69) is 9.84 Å². The molecule has 0 bridgehead atoms. The summed E-state index contributed by atoms with van der Waals surface area (Å²) < 4.78 is 6.38. The van der Waals surface area contributed by atoms with Crippen LogP contribution in [0.3, 0.4) is 0 Å². The van der Waals surface area contributed by atoms with Crippen LogP contribution in [0.15, 0.2) is 23.0 Å². The summed E-state index contributed by atoms with van der Waals surface area (Å²) in [5.41, 5.74) is 2.80. The summed E-state index contributed by atoms with van der Waals surface area (Å²) in [6.45, 7) is 0. The summed E-state index contributed by atoms with van der Waals surface area (Å²) in [4.78, 5) is 11.3. The molecule has 0 aliphatic carbocycles. The van der Waals surface area contributed by atoms with Gasteiger partial charge in [-0.3, -0.25) is 9.48 Å². The molecule has 2 aromatic heterocycles. The first-order valence-electron chi connectivity index (χ1n) is 4.82. The van der Waals surface area contributed by atoms with E-state index in [1.165, 1.54) is 7.11 Å². The van der Waals surface area contributed by atoms with Gasteiger partial charge in [-0.25, -0.2) is 0 Å². The zero-order valence-electron chi connectivity index (χ0n) is 9.14. The van der Waals surface area contributed by atoms with Gasteiger partial charge in [0, 0.05) is 29.8 Å². The topological polar surface area (TPSA) is 44.1 Å². The first-order valence-corrected chi connectivity index (χ1v) is 5.77. The molecular weight excluding hydrogens is 224 g/mol. The predicted molar refractivity (Wildman–Crippen MR) is 62.2 cm³/mol. The first-order chi connectivity index (χ1) is 7.70. The van der Waals surface area contributed by atoms with Crippen molar-refractivity contribution >= 4 is 17.3 Å². The van der Waals surface area contributed by atoms with Gasteiger partial charge in [0.2, 0.25) is 0 Å². The van der Waals surface area contributed by atoms with Crippen LogP contribution in [0.25, 0.3) is 11.3 Å². The number of carbonyl (C=O) groups is 1. The summed E-state index contributed by atoms with van der Waals surface area (Å²) in [6.07, 6.45) is 2.11. The molecule has 4 nitrogen and oxygen atoms in total. The summed E-state index contributed by atoms with van der Waals surface area (Å²) in [6, 6.07) is 1.99. The lowest BCUT2D eigenvalue weighted by molar-refractivity contribution is -0.139. The van der Waals surface area contributed by atoms with E-state index >= 15 is 0 Å². The van der Waals surface area contributed by atoms with Crippen molar-refractivity contribution in [2.24, 2.45) is 7.05 Å². The van der Waals surface area contributed by atoms with Gasteiger partial charge in [0.05, 0.1) is 19.2 Å². The van der Waals surface area contributed by atoms with E-state index in [0.717, 1.165) is 16.8 Å². The maximum absolute atomic E-state index is 11.3. The summed E-state index contributed by atoms with van der Waals surface area (Å²) >= 11 is 1.61. The zero-order chi connectivity index (χ0) is 11.5. The van der Waals surface area contributed by atoms with Crippen molar-refractivity contribution in [3.05, 3.63) is 28.6 Å². The predicted octanol–water partition coefficient (Wildman–Crippen LogP) is 1.86. The minimum Gasteiger partial charge on any atom is -0.469 e. The Labute approximate surface area is 97.5 Å². The molecule has 2 heterocycles. The van der Waals surface area contributed by atoms with Gasteiger partial charge in [-0.05, 0) is 11.4 Å². The summed E-state index contributed by atoms with van der Waals surface area (Å²) in [5, 5.41) is 8.36. The third-order valence-corrected chi connectivity index (χ3v) is 2.94. The number of hydrogen-bond acceptors (Lipinski definition) is 4. The van der Waals surface area contributed by atoms with Gasteiger partial charge in [-0.1, -0.05) is 0 Å². The monoisotopic (exact) mass is 236 g/mol. The van der Waals surface area contributed by atoms with E-state index < -0.39 is 0 Å². The molecule has 0 atom stereocenters. The average molecular weight is 236 g/mol. The molecule has 84 valence electrons. The lowest BCUT2D eigenvalue weighted by atomic mass is 10.1. The van der Waals surface area contributed by atoms with Gasteiger partial charge >= 0.3 is 5.97 Å². The zero-order valence-corrected chi connectivity index (χ0v) is 9.95. The third kappa shape index (κ3) is 2.14.